The van der Waals surface area contributed by atoms with Crippen molar-refractivity contribution in [2.45, 2.75) is 63.3 Å². The lowest BCUT2D eigenvalue weighted by Gasteiger charge is -2.40. The van der Waals surface area contributed by atoms with Gasteiger partial charge in [-0.25, -0.2) is 4.79 Å². The maximum Gasteiger partial charge on any atom is 0.329 e. The van der Waals surface area contributed by atoms with Crippen molar-refractivity contribution in [1.82, 2.24) is 14.8 Å². The van der Waals surface area contributed by atoms with E-state index >= 15 is 0 Å². The maximum absolute atomic E-state index is 11.6. The Kier molecular flexibility index (Phi) is 3.07. The van der Waals surface area contributed by atoms with Crippen LogP contribution in [0.15, 0.2) is 6.33 Å². The van der Waals surface area contributed by atoms with E-state index in [9.17, 15) is 9.90 Å². The molecule has 0 spiro atoms. The highest BCUT2D eigenvalue weighted by Gasteiger charge is 2.48. The largest absolute Gasteiger partial charge is 0.479 e. The zero-order chi connectivity index (χ0) is 13.5. The number of carbonyl (C=O) groups is 1. The Balaban J connectivity index is 1.88. The van der Waals surface area contributed by atoms with Crippen LogP contribution in [0.4, 0.5) is 0 Å². The summed E-state index contributed by atoms with van der Waals surface area (Å²) in [5.74, 6) is 1.33. The van der Waals surface area contributed by atoms with Crippen molar-refractivity contribution in [3.05, 3.63) is 12.2 Å². The van der Waals surface area contributed by atoms with Crippen LogP contribution in [0, 0.1) is 5.92 Å². The van der Waals surface area contributed by atoms with E-state index in [2.05, 4.69) is 17.1 Å². The summed E-state index contributed by atoms with van der Waals surface area (Å²) in [5, 5.41) is 17.8. The molecule has 2 aliphatic rings. The second kappa shape index (κ2) is 4.62. The van der Waals surface area contributed by atoms with Crippen LogP contribution in [0.3, 0.4) is 0 Å². The van der Waals surface area contributed by atoms with E-state index in [0.29, 0.717) is 18.8 Å². The first-order valence-electron chi connectivity index (χ1n) is 7.27. The van der Waals surface area contributed by atoms with Crippen molar-refractivity contribution in [3.8, 4) is 0 Å². The molecule has 1 aromatic rings. The van der Waals surface area contributed by atoms with E-state index < -0.39 is 11.5 Å². The molecule has 0 unspecified atom stereocenters. The molecule has 1 N–H and O–H groups in total. The molecule has 0 amide bonds. The Morgan fingerprint density at radius 3 is 2.58 bits per heavy atom. The van der Waals surface area contributed by atoms with Gasteiger partial charge >= 0.3 is 5.97 Å². The van der Waals surface area contributed by atoms with Crippen LogP contribution < -0.4 is 0 Å². The summed E-state index contributed by atoms with van der Waals surface area (Å²) in [7, 11) is 0. The van der Waals surface area contributed by atoms with Crippen molar-refractivity contribution in [2.24, 2.45) is 5.92 Å². The van der Waals surface area contributed by atoms with Gasteiger partial charge < -0.3 is 9.67 Å². The van der Waals surface area contributed by atoms with Crippen molar-refractivity contribution in [3.63, 3.8) is 0 Å². The molecule has 1 aromatic heterocycles. The minimum absolute atomic E-state index is 0.385. The van der Waals surface area contributed by atoms with E-state index in [1.54, 1.807) is 6.33 Å². The van der Waals surface area contributed by atoms with Gasteiger partial charge in [0.2, 0.25) is 0 Å². The fourth-order valence-corrected chi connectivity index (χ4v) is 3.44. The van der Waals surface area contributed by atoms with Crippen molar-refractivity contribution >= 4 is 5.97 Å². The molecule has 0 saturated heterocycles. The molecule has 3 rings (SSSR count). The zero-order valence-corrected chi connectivity index (χ0v) is 11.4. The molecule has 5 nitrogen and oxygen atoms in total. The summed E-state index contributed by atoms with van der Waals surface area (Å²) in [6.07, 6.45) is 8.64. The normalized spacial score (nSPS) is 29.7. The van der Waals surface area contributed by atoms with Gasteiger partial charge in [0.15, 0.2) is 0 Å². The average molecular weight is 263 g/mol. The third-order valence-corrected chi connectivity index (χ3v) is 5.00. The van der Waals surface area contributed by atoms with Gasteiger partial charge in [-0.15, -0.1) is 10.2 Å². The minimum atomic E-state index is -0.762. The van der Waals surface area contributed by atoms with Crippen LogP contribution in [-0.4, -0.2) is 25.8 Å². The molecule has 104 valence electrons. The molecule has 5 heteroatoms. The minimum Gasteiger partial charge on any atom is -0.479 e. The van der Waals surface area contributed by atoms with Crippen molar-refractivity contribution in [1.29, 1.82) is 0 Å². The highest BCUT2D eigenvalue weighted by Crippen LogP contribution is 2.43. The van der Waals surface area contributed by atoms with Gasteiger partial charge in [0.05, 0.1) is 0 Å². The van der Waals surface area contributed by atoms with Crippen LogP contribution in [0.1, 0.15) is 63.6 Å². The lowest BCUT2D eigenvalue weighted by molar-refractivity contribution is -0.152. The van der Waals surface area contributed by atoms with Gasteiger partial charge in [-0.3, -0.25) is 0 Å². The van der Waals surface area contributed by atoms with E-state index in [4.69, 9.17) is 0 Å². The summed E-state index contributed by atoms with van der Waals surface area (Å²) in [4.78, 5) is 11.6. The van der Waals surface area contributed by atoms with Crippen LogP contribution in [0.5, 0.6) is 0 Å². The van der Waals surface area contributed by atoms with Crippen LogP contribution >= 0.6 is 0 Å². The first-order valence-corrected chi connectivity index (χ1v) is 7.27. The number of hydrogen-bond donors (Lipinski definition) is 1. The molecule has 0 atom stereocenters. The van der Waals surface area contributed by atoms with Gasteiger partial charge in [0.25, 0.3) is 0 Å². The second-order valence-electron chi connectivity index (χ2n) is 6.21. The second-order valence-corrected chi connectivity index (χ2v) is 6.21. The van der Waals surface area contributed by atoms with Gasteiger partial charge in [-0.1, -0.05) is 19.8 Å². The van der Waals surface area contributed by atoms with E-state index in [0.717, 1.165) is 31.0 Å². The molecule has 1 heterocycles. The molecule has 0 aliphatic heterocycles. The lowest BCUT2D eigenvalue weighted by Crippen LogP contribution is -2.48. The SMILES string of the molecule is CC1CCC(c2nncn2C2(C(=O)O)CCC2)CC1. The summed E-state index contributed by atoms with van der Waals surface area (Å²) in [6, 6.07) is 0. The first kappa shape index (κ1) is 12.6. The van der Waals surface area contributed by atoms with Crippen LogP contribution in [-0.2, 0) is 10.3 Å². The Morgan fingerprint density at radius 2 is 2.05 bits per heavy atom. The monoisotopic (exact) mass is 263 g/mol. The Labute approximate surface area is 113 Å². The molecule has 2 aliphatic carbocycles. The number of aliphatic carboxylic acids is 1. The average Bonchev–Trinajstić information content (AvgIpc) is 2.77. The van der Waals surface area contributed by atoms with Crippen LogP contribution in [0.2, 0.25) is 0 Å². The number of carboxylic acid groups (broad SMARTS) is 1. The summed E-state index contributed by atoms with van der Waals surface area (Å²) < 4.78 is 1.86. The van der Waals surface area contributed by atoms with Crippen molar-refractivity contribution < 1.29 is 9.90 Å². The van der Waals surface area contributed by atoms with Crippen LogP contribution in [0.25, 0.3) is 0 Å². The van der Waals surface area contributed by atoms with Gasteiger partial charge in [-0.2, -0.15) is 0 Å². The smallest absolute Gasteiger partial charge is 0.329 e. The molecule has 0 aromatic carbocycles. The van der Waals surface area contributed by atoms with Gasteiger partial charge in [0, 0.05) is 5.92 Å². The molecule has 0 bridgehead atoms. The highest BCUT2D eigenvalue weighted by atomic mass is 16.4. The van der Waals surface area contributed by atoms with Gasteiger partial charge in [0.1, 0.15) is 17.7 Å². The van der Waals surface area contributed by atoms with E-state index in [1.165, 1.54) is 12.8 Å². The standard InChI is InChI=1S/C14H21N3O2/c1-10-3-5-11(6-4-10)12-16-15-9-17(12)14(13(18)19)7-2-8-14/h9-11H,2-8H2,1H3,(H,18,19). The third kappa shape index (κ3) is 1.95. The molecular formula is C14H21N3O2. The predicted molar refractivity (Wildman–Crippen MR) is 69.9 cm³/mol. The highest BCUT2D eigenvalue weighted by molar-refractivity contribution is 5.78. The lowest BCUT2D eigenvalue weighted by atomic mass is 9.75. The number of carboxylic acids is 1. The molecular weight excluding hydrogens is 242 g/mol. The Bertz CT molecular complexity index is 471. The maximum atomic E-state index is 11.6. The molecule has 19 heavy (non-hydrogen) atoms. The summed E-state index contributed by atoms with van der Waals surface area (Å²) >= 11 is 0. The van der Waals surface area contributed by atoms with E-state index in [-0.39, 0.29) is 0 Å². The Morgan fingerprint density at radius 1 is 1.37 bits per heavy atom. The number of aromatic nitrogens is 3. The Hall–Kier alpha value is -1.39. The topological polar surface area (TPSA) is 68.0 Å². The third-order valence-electron chi connectivity index (χ3n) is 5.00. The first-order chi connectivity index (χ1) is 9.13. The van der Waals surface area contributed by atoms with Gasteiger partial charge in [-0.05, 0) is 38.0 Å². The van der Waals surface area contributed by atoms with E-state index in [1.807, 2.05) is 4.57 Å². The fourth-order valence-electron chi connectivity index (χ4n) is 3.44. The zero-order valence-electron chi connectivity index (χ0n) is 11.4. The molecule has 2 fully saturated rings. The number of nitrogens with zero attached hydrogens (tertiary/aromatic N) is 3. The number of rotatable bonds is 3. The fraction of sp³-hybridized carbons (Fsp3) is 0.786. The molecule has 2 saturated carbocycles. The number of hydrogen-bond acceptors (Lipinski definition) is 3. The van der Waals surface area contributed by atoms with Crippen molar-refractivity contribution in [2.75, 3.05) is 0 Å². The predicted octanol–water partition coefficient (Wildman–Crippen LogP) is 2.54. The summed E-state index contributed by atoms with van der Waals surface area (Å²) in [6.45, 7) is 2.28. The summed E-state index contributed by atoms with van der Waals surface area (Å²) in [5.41, 5.74) is -0.762. The molecule has 0 radical (unpaired) electrons. The quantitative estimate of drug-likeness (QED) is 0.910.